The van der Waals surface area contributed by atoms with Crippen LogP contribution in [0.2, 0.25) is 0 Å². The van der Waals surface area contributed by atoms with Gasteiger partial charge in [0.1, 0.15) is 0 Å². The molecule has 2 saturated carbocycles. The summed E-state index contributed by atoms with van der Waals surface area (Å²) < 4.78 is 2.40. The van der Waals surface area contributed by atoms with Gasteiger partial charge in [0.25, 0.3) is 5.91 Å². The van der Waals surface area contributed by atoms with Crippen LogP contribution in [0.3, 0.4) is 0 Å². The maximum absolute atomic E-state index is 12.9. The predicted octanol–water partition coefficient (Wildman–Crippen LogP) is 4.03. The van der Waals surface area contributed by atoms with E-state index in [9.17, 15) is 4.79 Å². The first-order valence-electron chi connectivity index (χ1n) is 9.27. The Balaban J connectivity index is 0.00000208. The van der Waals surface area contributed by atoms with Crippen LogP contribution in [0.25, 0.3) is 0 Å². The highest BCUT2D eigenvalue weighted by Gasteiger charge is 2.35. The fourth-order valence-corrected chi connectivity index (χ4v) is 4.65. The van der Waals surface area contributed by atoms with Crippen LogP contribution in [0.5, 0.6) is 0 Å². The number of halogens is 1. The topological polar surface area (TPSA) is 60.1 Å². The third-order valence-electron chi connectivity index (χ3n) is 6.00. The molecule has 136 valence electrons. The Bertz CT molecular complexity index is 569. The monoisotopic (exact) mass is 353 g/mol. The Morgan fingerprint density at radius 1 is 1.21 bits per heavy atom. The van der Waals surface area contributed by atoms with Crippen molar-refractivity contribution >= 4 is 18.3 Å². The lowest BCUT2D eigenvalue weighted by atomic mass is 9.95. The number of nitrogens with one attached hydrogen (secondary N) is 1. The van der Waals surface area contributed by atoms with Crippen molar-refractivity contribution in [2.45, 2.75) is 83.2 Å². The molecule has 0 unspecified atom stereocenters. The van der Waals surface area contributed by atoms with Crippen molar-refractivity contribution in [1.29, 1.82) is 0 Å². The molecule has 1 aromatic heterocycles. The molecule has 2 aliphatic carbocycles. The molecule has 1 aromatic rings. The molecule has 3 N–H and O–H groups in total. The van der Waals surface area contributed by atoms with Gasteiger partial charge in [-0.15, -0.1) is 12.4 Å². The minimum Gasteiger partial charge on any atom is -0.345 e. The van der Waals surface area contributed by atoms with Gasteiger partial charge in [-0.3, -0.25) is 4.79 Å². The Morgan fingerprint density at radius 2 is 1.83 bits per heavy atom. The zero-order valence-corrected chi connectivity index (χ0v) is 15.9. The highest BCUT2D eigenvalue weighted by molar-refractivity contribution is 5.96. The molecular weight excluding hydrogens is 322 g/mol. The molecule has 2 aliphatic rings. The van der Waals surface area contributed by atoms with E-state index >= 15 is 0 Å². The van der Waals surface area contributed by atoms with Gasteiger partial charge in [0, 0.05) is 24.0 Å². The molecular formula is C19H32ClN3O. The SMILES string of the molecule is Cc1cc(C(=O)NC2(CN)CCCC2)c(C)n1C1CCCCC1.Cl. The van der Waals surface area contributed by atoms with E-state index in [1.807, 2.05) is 0 Å². The Kier molecular flexibility index (Phi) is 6.38. The third kappa shape index (κ3) is 3.65. The molecule has 0 aliphatic heterocycles. The quantitative estimate of drug-likeness (QED) is 0.858. The average Bonchev–Trinajstić information content (AvgIpc) is 3.13. The van der Waals surface area contributed by atoms with Gasteiger partial charge in [0.05, 0.1) is 11.1 Å². The van der Waals surface area contributed by atoms with E-state index in [2.05, 4.69) is 29.8 Å². The highest BCUT2D eigenvalue weighted by Crippen LogP contribution is 2.33. The van der Waals surface area contributed by atoms with Crippen molar-refractivity contribution in [3.63, 3.8) is 0 Å². The summed E-state index contributed by atoms with van der Waals surface area (Å²) in [5, 5.41) is 3.27. The number of hydrogen-bond donors (Lipinski definition) is 2. The van der Waals surface area contributed by atoms with Gasteiger partial charge in [-0.05, 0) is 45.6 Å². The average molecular weight is 354 g/mol. The molecule has 0 bridgehead atoms. The molecule has 0 saturated heterocycles. The van der Waals surface area contributed by atoms with Crippen molar-refractivity contribution in [2.75, 3.05) is 6.54 Å². The largest absolute Gasteiger partial charge is 0.345 e. The molecule has 0 radical (unpaired) electrons. The molecule has 4 nitrogen and oxygen atoms in total. The second-order valence-corrected chi connectivity index (χ2v) is 7.59. The normalized spacial score (nSPS) is 20.6. The number of amides is 1. The van der Waals surface area contributed by atoms with E-state index in [1.54, 1.807) is 0 Å². The van der Waals surface area contributed by atoms with Crippen LogP contribution in [0, 0.1) is 13.8 Å². The van der Waals surface area contributed by atoms with Crippen LogP contribution in [-0.2, 0) is 0 Å². The smallest absolute Gasteiger partial charge is 0.253 e. The van der Waals surface area contributed by atoms with Gasteiger partial charge in [0.2, 0.25) is 0 Å². The summed E-state index contributed by atoms with van der Waals surface area (Å²) in [5.74, 6) is 0.0625. The van der Waals surface area contributed by atoms with Crippen molar-refractivity contribution in [2.24, 2.45) is 5.73 Å². The van der Waals surface area contributed by atoms with Crippen molar-refractivity contribution in [3.8, 4) is 0 Å². The number of rotatable bonds is 4. The fraction of sp³-hybridized carbons (Fsp3) is 0.737. The van der Waals surface area contributed by atoms with Gasteiger partial charge >= 0.3 is 0 Å². The maximum Gasteiger partial charge on any atom is 0.253 e. The number of aromatic nitrogens is 1. The fourth-order valence-electron chi connectivity index (χ4n) is 4.65. The van der Waals surface area contributed by atoms with Crippen molar-refractivity contribution in [1.82, 2.24) is 9.88 Å². The number of nitrogens with zero attached hydrogens (tertiary/aromatic N) is 1. The number of nitrogens with two attached hydrogens (primary N) is 1. The number of carbonyl (C=O) groups is 1. The lowest BCUT2D eigenvalue weighted by molar-refractivity contribution is 0.0902. The lowest BCUT2D eigenvalue weighted by Gasteiger charge is -2.29. The van der Waals surface area contributed by atoms with Gasteiger partial charge in [-0.2, -0.15) is 0 Å². The minimum atomic E-state index is -0.176. The van der Waals surface area contributed by atoms with Gasteiger partial charge in [0.15, 0.2) is 0 Å². The highest BCUT2D eigenvalue weighted by atomic mass is 35.5. The number of carbonyl (C=O) groups excluding carboxylic acids is 1. The molecule has 1 amide bonds. The Labute approximate surface area is 152 Å². The van der Waals surface area contributed by atoms with Crippen LogP contribution in [0.4, 0.5) is 0 Å². The zero-order valence-electron chi connectivity index (χ0n) is 15.1. The van der Waals surface area contributed by atoms with Crippen LogP contribution in [0.1, 0.15) is 85.6 Å². The third-order valence-corrected chi connectivity index (χ3v) is 6.00. The summed E-state index contributed by atoms with van der Waals surface area (Å²) in [7, 11) is 0. The first kappa shape index (κ1) is 19.3. The van der Waals surface area contributed by atoms with E-state index in [4.69, 9.17) is 5.73 Å². The van der Waals surface area contributed by atoms with E-state index < -0.39 is 0 Å². The van der Waals surface area contributed by atoms with Crippen molar-refractivity contribution < 1.29 is 4.79 Å². The predicted molar refractivity (Wildman–Crippen MR) is 101 cm³/mol. The maximum atomic E-state index is 12.9. The molecule has 3 rings (SSSR count). The molecule has 2 fully saturated rings. The molecule has 5 heteroatoms. The second-order valence-electron chi connectivity index (χ2n) is 7.59. The Hall–Kier alpha value is -1.000. The summed E-state index contributed by atoms with van der Waals surface area (Å²) in [6.45, 7) is 4.77. The van der Waals surface area contributed by atoms with E-state index in [1.165, 1.54) is 50.6 Å². The number of aryl methyl sites for hydroxylation is 1. The van der Waals surface area contributed by atoms with Crippen LogP contribution < -0.4 is 11.1 Å². The van der Waals surface area contributed by atoms with Crippen molar-refractivity contribution in [3.05, 3.63) is 23.0 Å². The molecule has 0 aromatic carbocycles. The van der Waals surface area contributed by atoms with E-state index in [0.717, 1.165) is 24.1 Å². The van der Waals surface area contributed by atoms with Crippen LogP contribution in [0.15, 0.2) is 6.07 Å². The summed E-state index contributed by atoms with van der Waals surface area (Å²) in [6, 6.07) is 2.64. The molecule has 0 spiro atoms. The first-order valence-corrected chi connectivity index (χ1v) is 9.27. The Morgan fingerprint density at radius 3 is 2.42 bits per heavy atom. The standard InChI is InChI=1S/C19H31N3O.ClH/c1-14-12-17(15(2)22(14)16-8-4-3-5-9-16)18(23)21-19(13-20)10-6-7-11-19;/h12,16H,3-11,13,20H2,1-2H3,(H,21,23);1H. The lowest BCUT2D eigenvalue weighted by Crippen LogP contribution is -2.51. The first-order chi connectivity index (χ1) is 11.1. The molecule has 1 heterocycles. The van der Waals surface area contributed by atoms with E-state index in [-0.39, 0.29) is 23.9 Å². The zero-order chi connectivity index (χ0) is 16.4. The van der Waals surface area contributed by atoms with Crippen LogP contribution >= 0.6 is 12.4 Å². The molecule has 24 heavy (non-hydrogen) atoms. The minimum absolute atomic E-state index is 0. The molecule has 0 atom stereocenters. The van der Waals surface area contributed by atoms with Crippen LogP contribution in [-0.4, -0.2) is 22.6 Å². The number of hydrogen-bond acceptors (Lipinski definition) is 2. The summed E-state index contributed by atoms with van der Waals surface area (Å²) in [4.78, 5) is 12.9. The summed E-state index contributed by atoms with van der Waals surface area (Å²) in [6.07, 6.45) is 10.8. The van der Waals surface area contributed by atoms with E-state index in [0.29, 0.717) is 12.6 Å². The van der Waals surface area contributed by atoms with Gasteiger partial charge in [-0.1, -0.05) is 32.1 Å². The van der Waals surface area contributed by atoms with Gasteiger partial charge < -0.3 is 15.6 Å². The second kappa shape index (κ2) is 7.92. The summed E-state index contributed by atoms with van der Waals surface area (Å²) >= 11 is 0. The van der Waals surface area contributed by atoms with Gasteiger partial charge in [-0.25, -0.2) is 0 Å². The summed E-state index contributed by atoms with van der Waals surface area (Å²) in [5.41, 5.74) is 8.97.